The van der Waals surface area contributed by atoms with Crippen LogP contribution < -0.4 is 10.6 Å². The highest BCUT2D eigenvalue weighted by molar-refractivity contribution is 7.12. The summed E-state index contributed by atoms with van der Waals surface area (Å²) in [6.45, 7) is 5.74. The first-order valence-electron chi connectivity index (χ1n) is 6.63. The third kappa shape index (κ3) is 6.68. The molecule has 1 rings (SSSR count). The van der Waals surface area contributed by atoms with Gasteiger partial charge in [-0.1, -0.05) is 13.8 Å². The number of rotatable bonds is 8. The van der Waals surface area contributed by atoms with Gasteiger partial charge in [0, 0.05) is 22.8 Å². The van der Waals surface area contributed by atoms with Gasteiger partial charge in [-0.25, -0.2) is 0 Å². The van der Waals surface area contributed by atoms with Crippen LogP contribution in [-0.4, -0.2) is 32.1 Å². The predicted molar refractivity (Wildman–Crippen MR) is 79.6 cm³/mol. The van der Waals surface area contributed by atoms with Crippen LogP contribution in [0.25, 0.3) is 0 Å². The molecule has 112 valence electrons. The molecule has 0 aliphatic heterocycles. The normalized spacial score (nSPS) is 10.6. The number of hydrogen-bond acceptors (Lipinski definition) is 5. The number of carbonyl (C=O) groups is 2. The van der Waals surface area contributed by atoms with Gasteiger partial charge in [-0.3, -0.25) is 9.59 Å². The first kappa shape index (κ1) is 16.7. The Kier molecular flexibility index (Phi) is 7.25. The third-order valence-electron chi connectivity index (χ3n) is 2.56. The number of thiophene rings is 1. The van der Waals surface area contributed by atoms with Crippen molar-refractivity contribution in [1.29, 1.82) is 0 Å². The summed E-state index contributed by atoms with van der Waals surface area (Å²) in [5, 5.41) is 5.94. The predicted octanol–water partition coefficient (Wildman–Crippen LogP) is 1.33. The van der Waals surface area contributed by atoms with E-state index in [4.69, 9.17) is 0 Å². The van der Waals surface area contributed by atoms with Gasteiger partial charge < -0.3 is 15.4 Å². The maximum Gasteiger partial charge on any atom is 0.310 e. The van der Waals surface area contributed by atoms with Gasteiger partial charge in [-0.05, 0) is 18.1 Å². The minimum atomic E-state index is -0.237. The second-order valence-corrected chi connectivity index (χ2v) is 6.18. The van der Waals surface area contributed by atoms with Crippen molar-refractivity contribution in [1.82, 2.24) is 10.6 Å². The highest BCUT2D eigenvalue weighted by atomic mass is 32.1. The Morgan fingerprint density at radius 3 is 2.65 bits per heavy atom. The van der Waals surface area contributed by atoms with E-state index in [0.717, 1.165) is 9.75 Å². The zero-order chi connectivity index (χ0) is 15.0. The fourth-order valence-electron chi connectivity index (χ4n) is 1.51. The second-order valence-electron chi connectivity index (χ2n) is 4.92. The van der Waals surface area contributed by atoms with Crippen molar-refractivity contribution in [3.05, 3.63) is 21.9 Å². The molecule has 0 fully saturated rings. The van der Waals surface area contributed by atoms with Gasteiger partial charge in [0.1, 0.15) is 0 Å². The van der Waals surface area contributed by atoms with Gasteiger partial charge in [0.15, 0.2) is 0 Å². The van der Waals surface area contributed by atoms with E-state index in [1.165, 1.54) is 7.11 Å². The number of esters is 1. The van der Waals surface area contributed by atoms with Crippen LogP contribution in [0.1, 0.15) is 23.6 Å². The maximum absolute atomic E-state index is 11.5. The zero-order valence-electron chi connectivity index (χ0n) is 12.2. The second kappa shape index (κ2) is 8.71. The van der Waals surface area contributed by atoms with E-state index in [-0.39, 0.29) is 11.9 Å². The molecule has 6 heteroatoms. The topological polar surface area (TPSA) is 67.4 Å². The van der Waals surface area contributed by atoms with Crippen LogP contribution in [0, 0.1) is 5.92 Å². The maximum atomic E-state index is 11.5. The van der Waals surface area contributed by atoms with Gasteiger partial charge in [0.05, 0.1) is 20.1 Å². The van der Waals surface area contributed by atoms with Gasteiger partial charge in [0.2, 0.25) is 5.91 Å². The van der Waals surface area contributed by atoms with Crippen LogP contribution in [0.15, 0.2) is 12.1 Å². The molecule has 0 aliphatic rings. The molecule has 0 radical (unpaired) electrons. The minimum absolute atomic E-state index is 0.00467. The van der Waals surface area contributed by atoms with Crippen molar-refractivity contribution < 1.29 is 14.3 Å². The van der Waals surface area contributed by atoms with Crippen molar-refractivity contribution in [2.24, 2.45) is 5.92 Å². The molecule has 0 spiro atoms. The molecule has 0 saturated heterocycles. The van der Waals surface area contributed by atoms with Gasteiger partial charge >= 0.3 is 5.97 Å². The first-order chi connectivity index (χ1) is 9.51. The lowest BCUT2D eigenvalue weighted by molar-refractivity contribution is -0.139. The molecule has 1 heterocycles. The number of ether oxygens (including phenoxy) is 1. The minimum Gasteiger partial charge on any atom is -0.469 e. The van der Waals surface area contributed by atoms with Gasteiger partial charge in [-0.15, -0.1) is 11.3 Å². The van der Waals surface area contributed by atoms with E-state index in [1.54, 1.807) is 11.3 Å². The number of methoxy groups -OCH3 is 1. The van der Waals surface area contributed by atoms with Crippen LogP contribution >= 0.6 is 11.3 Å². The smallest absolute Gasteiger partial charge is 0.310 e. The Bertz CT molecular complexity index is 443. The third-order valence-corrected chi connectivity index (χ3v) is 3.64. The van der Waals surface area contributed by atoms with Crippen LogP contribution in [0.2, 0.25) is 0 Å². The Hall–Kier alpha value is -1.40. The SMILES string of the molecule is COC(=O)Cc1ccc(CNCC(=O)NCC(C)C)s1. The average molecular weight is 298 g/mol. The van der Waals surface area contributed by atoms with Gasteiger partial charge in [0.25, 0.3) is 0 Å². The van der Waals surface area contributed by atoms with E-state index in [2.05, 4.69) is 29.2 Å². The highest BCUT2D eigenvalue weighted by Crippen LogP contribution is 2.17. The lowest BCUT2D eigenvalue weighted by Crippen LogP contribution is -2.35. The molecule has 0 saturated carbocycles. The largest absolute Gasteiger partial charge is 0.469 e. The summed E-state index contributed by atoms with van der Waals surface area (Å²) in [6.07, 6.45) is 0.302. The fraction of sp³-hybridized carbons (Fsp3) is 0.571. The number of amides is 1. The molecule has 20 heavy (non-hydrogen) atoms. The first-order valence-corrected chi connectivity index (χ1v) is 7.44. The molecular weight excluding hydrogens is 276 g/mol. The van der Waals surface area contributed by atoms with E-state index in [0.29, 0.717) is 32.0 Å². The molecular formula is C14H22N2O3S. The molecule has 0 unspecified atom stereocenters. The molecule has 5 nitrogen and oxygen atoms in total. The standard InChI is InChI=1S/C14H22N2O3S/c1-10(2)7-16-13(17)9-15-8-12-5-4-11(20-12)6-14(18)19-3/h4-5,10,15H,6-9H2,1-3H3,(H,16,17). The Labute approximate surface area is 123 Å². The summed E-state index contributed by atoms with van der Waals surface area (Å²) in [7, 11) is 1.38. The van der Waals surface area contributed by atoms with E-state index in [9.17, 15) is 9.59 Å². The number of carbonyl (C=O) groups excluding carboxylic acids is 2. The number of nitrogens with one attached hydrogen (secondary N) is 2. The van der Waals surface area contributed by atoms with Crippen molar-refractivity contribution in [3.8, 4) is 0 Å². The average Bonchev–Trinajstić information content (AvgIpc) is 2.83. The highest BCUT2D eigenvalue weighted by Gasteiger charge is 2.07. The molecule has 0 atom stereocenters. The summed E-state index contributed by atoms with van der Waals surface area (Å²) in [4.78, 5) is 24.7. The molecule has 1 aromatic rings. The van der Waals surface area contributed by atoms with Crippen LogP contribution in [0.5, 0.6) is 0 Å². The molecule has 2 N–H and O–H groups in total. The molecule has 1 aromatic heterocycles. The fourth-order valence-corrected chi connectivity index (χ4v) is 2.48. The Morgan fingerprint density at radius 2 is 2.00 bits per heavy atom. The summed E-state index contributed by atoms with van der Waals surface area (Å²) < 4.78 is 4.62. The van der Waals surface area contributed by atoms with Crippen molar-refractivity contribution in [2.75, 3.05) is 20.2 Å². The number of hydrogen-bond donors (Lipinski definition) is 2. The monoisotopic (exact) mass is 298 g/mol. The summed E-state index contributed by atoms with van der Waals surface area (Å²) in [5.74, 6) is 0.224. The molecule has 1 amide bonds. The molecule has 0 bridgehead atoms. The zero-order valence-corrected chi connectivity index (χ0v) is 13.0. The molecule has 0 aliphatic carbocycles. The van der Waals surface area contributed by atoms with Gasteiger partial charge in [-0.2, -0.15) is 0 Å². The quantitative estimate of drug-likeness (QED) is 0.711. The van der Waals surface area contributed by atoms with Crippen molar-refractivity contribution in [3.63, 3.8) is 0 Å². The lowest BCUT2D eigenvalue weighted by atomic mass is 10.2. The van der Waals surface area contributed by atoms with Crippen LogP contribution in [-0.2, 0) is 27.3 Å². The van der Waals surface area contributed by atoms with Crippen LogP contribution in [0.3, 0.4) is 0 Å². The summed E-state index contributed by atoms with van der Waals surface area (Å²) >= 11 is 1.55. The summed E-state index contributed by atoms with van der Waals surface area (Å²) in [5.41, 5.74) is 0. The lowest BCUT2D eigenvalue weighted by Gasteiger charge is -2.07. The van der Waals surface area contributed by atoms with E-state index >= 15 is 0 Å². The van der Waals surface area contributed by atoms with E-state index < -0.39 is 0 Å². The Morgan fingerprint density at radius 1 is 1.30 bits per heavy atom. The van der Waals surface area contributed by atoms with Crippen molar-refractivity contribution in [2.45, 2.75) is 26.8 Å². The summed E-state index contributed by atoms with van der Waals surface area (Å²) in [6, 6.07) is 3.87. The molecule has 0 aromatic carbocycles. The Balaban J connectivity index is 2.25. The van der Waals surface area contributed by atoms with Crippen molar-refractivity contribution >= 4 is 23.2 Å². The van der Waals surface area contributed by atoms with Crippen LogP contribution in [0.4, 0.5) is 0 Å². The van der Waals surface area contributed by atoms with E-state index in [1.807, 2.05) is 12.1 Å².